The van der Waals surface area contributed by atoms with E-state index in [2.05, 4.69) is 55.6 Å². The molecular formula is C19H24N2. The zero-order valence-corrected chi connectivity index (χ0v) is 13.1. The maximum atomic E-state index is 5.70. The van der Waals surface area contributed by atoms with Crippen LogP contribution < -0.4 is 11.1 Å². The van der Waals surface area contributed by atoms with Crippen molar-refractivity contribution in [3.8, 4) is 0 Å². The minimum atomic E-state index is 0.0872. The van der Waals surface area contributed by atoms with E-state index >= 15 is 0 Å². The molecule has 0 saturated carbocycles. The van der Waals surface area contributed by atoms with E-state index in [1.165, 1.54) is 16.8 Å². The molecule has 3 N–H and O–H groups in total. The summed E-state index contributed by atoms with van der Waals surface area (Å²) in [5.74, 6) is 0. The minimum absolute atomic E-state index is 0.0872. The van der Waals surface area contributed by atoms with Crippen LogP contribution >= 0.6 is 0 Å². The minimum Gasteiger partial charge on any atom is -0.399 e. The van der Waals surface area contributed by atoms with Gasteiger partial charge in [0, 0.05) is 18.4 Å². The highest BCUT2D eigenvalue weighted by Crippen LogP contribution is 2.33. The topological polar surface area (TPSA) is 38.0 Å². The molecule has 2 aromatic carbocycles. The lowest BCUT2D eigenvalue weighted by atomic mass is 9.80. The van der Waals surface area contributed by atoms with Crippen molar-refractivity contribution in [1.29, 1.82) is 0 Å². The molecule has 0 aliphatic heterocycles. The molecule has 0 atom stereocenters. The van der Waals surface area contributed by atoms with Crippen LogP contribution in [0.1, 0.15) is 31.4 Å². The Kier molecular flexibility index (Phi) is 4.69. The molecule has 0 radical (unpaired) electrons. The molecule has 2 aromatic rings. The zero-order valence-electron chi connectivity index (χ0n) is 13.1. The highest BCUT2D eigenvalue weighted by Gasteiger charge is 2.21. The average Bonchev–Trinajstić information content (AvgIpc) is 2.49. The Hall–Kier alpha value is -2.22. The van der Waals surface area contributed by atoms with Crippen LogP contribution in [0.2, 0.25) is 0 Å². The number of hydrogen-bond donors (Lipinski definition) is 2. The number of benzene rings is 2. The largest absolute Gasteiger partial charge is 0.399 e. The molecule has 2 heteroatoms. The van der Waals surface area contributed by atoms with Gasteiger partial charge in [0.1, 0.15) is 0 Å². The van der Waals surface area contributed by atoms with E-state index in [1.807, 2.05) is 31.3 Å². The first-order chi connectivity index (χ1) is 10.0. The van der Waals surface area contributed by atoms with Gasteiger partial charge in [0.25, 0.3) is 0 Å². The molecule has 0 amide bonds. The smallest absolute Gasteiger partial charge is 0.0375 e. The van der Waals surface area contributed by atoms with Crippen LogP contribution in [0.3, 0.4) is 0 Å². The number of nitrogens with two attached hydrogens (primary N) is 1. The van der Waals surface area contributed by atoms with E-state index in [0.717, 1.165) is 12.1 Å². The van der Waals surface area contributed by atoms with E-state index in [1.54, 1.807) is 0 Å². The van der Waals surface area contributed by atoms with Crippen molar-refractivity contribution in [1.82, 2.24) is 0 Å². The van der Waals surface area contributed by atoms with Gasteiger partial charge in [-0.05, 0) is 41.2 Å². The second-order valence-electron chi connectivity index (χ2n) is 5.95. The van der Waals surface area contributed by atoms with Crippen molar-refractivity contribution in [3.05, 3.63) is 65.7 Å². The van der Waals surface area contributed by atoms with Crippen LogP contribution in [-0.4, -0.2) is 7.05 Å². The lowest BCUT2D eigenvalue weighted by Crippen LogP contribution is -2.17. The summed E-state index contributed by atoms with van der Waals surface area (Å²) in [5.41, 5.74) is 10.3. The van der Waals surface area contributed by atoms with Crippen LogP contribution in [0.5, 0.6) is 0 Å². The monoisotopic (exact) mass is 280 g/mol. The third kappa shape index (κ3) is 3.88. The predicted molar refractivity (Wildman–Crippen MR) is 93.5 cm³/mol. The van der Waals surface area contributed by atoms with E-state index in [4.69, 9.17) is 5.73 Å². The highest BCUT2D eigenvalue weighted by molar-refractivity contribution is 5.56. The van der Waals surface area contributed by atoms with Gasteiger partial charge in [-0.1, -0.05) is 56.3 Å². The lowest BCUT2D eigenvalue weighted by Gasteiger charge is -2.26. The van der Waals surface area contributed by atoms with Crippen LogP contribution in [0.25, 0.3) is 6.08 Å². The molecule has 0 bridgehead atoms. The third-order valence-electron chi connectivity index (χ3n) is 3.80. The van der Waals surface area contributed by atoms with Crippen molar-refractivity contribution in [2.45, 2.75) is 25.7 Å². The molecule has 0 unspecified atom stereocenters. The summed E-state index contributed by atoms with van der Waals surface area (Å²) < 4.78 is 0. The predicted octanol–water partition coefficient (Wildman–Crippen LogP) is 4.69. The van der Waals surface area contributed by atoms with Gasteiger partial charge in [0.2, 0.25) is 0 Å². The number of para-hydroxylation sites is 1. The number of allylic oxidation sites excluding steroid dienone is 1. The molecule has 0 aliphatic rings. The number of hydrogen-bond acceptors (Lipinski definition) is 2. The average molecular weight is 280 g/mol. The summed E-state index contributed by atoms with van der Waals surface area (Å²) in [6.45, 7) is 4.55. The summed E-state index contributed by atoms with van der Waals surface area (Å²) in [6.07, 6.45) is 5.37. The van der Waals surface area contributed by atoms with Crippen molar-refractivity contribution in [2.75, 3.05) is 18.1 Å². The summed E-state index contributed by atoms with van der Waals surface area (Å²) in [6, 6.07) is 16.4. The number of nitrogens with one attached hydrogen (secondary N) is 1. The molecule has 21 heavy (non-hydrogen) atoms. The SMILES string of the molecule is CNc1ccccc1C(C)(C)C/C=C/c1ccc(N)cc1. The fraction of sp³-hybridized carbons (Fsp3) is 0.263. The van der Waals surface area contributed by atoms with E-state index < -0.39 is 0 Å². The Morgan fingerprint density at radius 3 is 2.38 bits per heavy atom. The van der Waals surface area contributed by atoms with E-state index in [-0.39, 0.29) is 5.41 Å². The van der Waals surface area contributed by atoms with Crippen LogP contribution in [-0.2, 0) is 5.41 Å². The quantitative estimate of drug-likeness (QED) is 0.780. The van der Waals surface area contributed by atoms with Crippen molar-refractivity contribution < 1.29 is 0 Å². The van der Waals surface area contributed by atoms with Gasteiger partial charge in [-0.2, -0.15) is 0 Å². The van der Waals surface area contributed by atoms with Gasteiger partial charge in [-0.15, -0.1) is 0 Å². The lowest BCUT2D eigenvalue weighted by molar-refractivity contribution is 0.536. The maximum absolute atomic E-state index is 5.70. The van der Waals surface area contributed by atoms with Gasteiger partial charge in [0.15, 0.2) is 0 Å². The van der Waals surface area contributed by atoms with Gasteiger partial charge in [-0.25, -0.2) is 0 Å². The molecule has 0 spiro atoms. The second-order valence-corrected chi connectivity index (χ2v) is 5.95. The fourth-order valence-electron chi connectivity index (χ4n) is 2.50. The van der Waals surface area contributed by atoms with E-state index in [9.17, 15) is 0 Å². The van der Waals surface area contributed by atoms with Crippen molar-refractivity contribution in [3.63, 3.8) is 0 Å². The molecule has 0 fully saturated rings. The maximum Gasteiger partial charge on any atom is 0.0375 e. The summed E-state index contributed by atoms with van der Waals surface area (Å²) in [7, 11) is 1.97. The molecule has 110 valence electrons. The summed E-state index contributed by atoms with van der Waals surface area (Å²) in [5, 5.41) is 3.28. The van der Waals surface area contributed by atoms with Crippen molar-refractivity contribution >= 4 is 17.5 Å². The standard InChI is InChI=1S/C19H24N2/c1-19(2,17-8-4-5-9-18(17)21-3)14-6-7-15-10-12-16(20)13-11-15/h4-13,21H,14,20H2,1-3H3/b7-6+. The Balaban J connectivity index is 2.12. The first-order valence-electron chi connectivity index (χ1n) is 7.32. The molecular weight excluding hydrogens is 256 g/mol. The second kappa shape index (κ2) is 6.49. The number of anilines is 2. The van der Waals surface area contributed by atoms with Crippen LogP contribution in [0.15, 0.2) is 54.6 Å². The third-order valence-corrected chi connectivity index (χ3v) is 3.80. The van der Waals surface area contributed by atoms with Crippen LogP contribution in [0, 0.1) is 0 Å². The van der Waals surface area contributed by atoms with Crippen LogP contribution in [0.4, 0.5) is 11.4 Å². The number of rotatable bonds is 5. The number of nitrogen functional groups attached to an aromatic ring is 1. The Morgan fingerprint density at radius 2 is 1.71 bits per heavy atom. The molecule has 0 heterocycles. The fourth-order valence-corrected chi connectivity index (χ4v) is 2.50. The molecule has 2 nitrogen and oxygen atoms in total. The van der Waals surface area contributed by atoms with Crippen molar-refractivity contribution in [2.24, 2.45) is 0 Å². The van der Waals surface area contributed by atoms with E-state index in [0.29, 0.717) is 0 Å². The first kappa shape index (κ1) is 15.2. The Labute approximate surface area is 127 Å². The highest BCUT2D eigenvalue weighted by atomic mass is 14.8. The summed E-state index contributed by atoms with van der Waals surface area (Å²) >= 11 is 0. The summed E-state index contributed by atoms with van der Waals surface area (Å²) in [4.78, 5) is 0. The molecule has 0 aliphatic carbocycles. The Morgan fingerprint density at radius 1 is 1.05 bits per heavy atom. The van der Waals surface area contributed by atoms with Gasteiger partial charge in [-0.3, -0.25) is 0 Å². The van der Waals surface area contributed by atoms with Gasteiger partial charge < -0.3 is 11.1 Å². The molecule has 0 saturated heterocycles. The first-order valence-corrected chi connectivity index (χ1v) is 7.32. The zero-order chi connectivity index (χ0) is 15.3. The molecule has 2 rings (SSSR count). The molecule has 0 aromatic heterocycles. The van der Waals surface area contributed by atoms with Gasteiger partial charge >= 0.3 is 0 Å². The van der Waals surface area contributed by atoms with Gasteiger partial charge in [0.05, 0.1) is 0 Å². The Bertz CT molecular complexity index is 610. The normalized spacial score (nSPS) is 11.8.